The van der Waals surface area contributed by atoms with E-state index in [1.807, 2.05) is 60.7 Å². The standard InChI is InChI=1S/C27H30NO6P/c1-2-33-26(29)24(18-21-12-6-3-7-13-21)20-35(31,32)25(23-16-10-5-11-17-23)28-27(30)34-19-22-14-8-4-9-15-22/h3-17,24-25H,2,18-20H2,1H3,(H,28,30)(H,31,32)/t24?,25-/m1/s1. The molecular weight excluding hydrogens is 465 g/mol. The van der Waals surface area contributed by atoms with E-state index in [0.29, 0.717) is 5.56 Å². The molecule has 0 heterocycles. The molecule has 0 saturated heterocycles. The normalized spacial score (nSPS) is 14.2. The summed E-state index contributed by atoms with van der Waals surface area (Å²) in [5.74, 6) is -2.66. The van der Waals surface area contributed by atoms with Gasteiger partial charge in [-0.2, -0.15) is 0 Å². The van der Waals surface area contributed by atoms with Crippen molar-refractivity contribution in [3.63, 3.8) is 0 Å². The number of amides is 1. The molecule has 3 atom stereocenters. The van der Waals surface area contributed by atoms with E-state index in [1.165, 1.54) is 0 Å². The van der Waals surface area contributed by atoms with E-state index in [0.717, 1.165) is 11.1 Å². The second-order valence-corrected chi connectivity index (χ2v) is 10.5. The number of rotatable bonds is 11. The zero-order valence-corrected chi connectivity index (χ0v) is 20.5. The first kappa shape index (κ1) is 26.2. The molecule has 0 bridgehead atoms. The van der Waals surface area contributed by atoms with Gasteiger partial charge in [0, 0.05) is 6.16 Å². The first-order chi connectivity index (χ1) is 16.9. The highest BCUT2D eigenvalue weighted by Gasteiger charge is 2.39. The maximum atomic E-state index is 13.7. The van der Waals surface area contributed by atoms with Crippen molar-refractivity contribution < 1.29 is 28.5 Å². The lowest BCUT2D eigenvalue weighted by Crippen LogP contribution is -2.32. The van der Waals surface area contributed by atoms with Crippen LogP contribution in [0.4, 0.5) is 4.79 Å². The molecule has 0 aromatic heterocycles. The number of carbonyl (C=O) groups is 2. The Labute approximate surface area is 205 Å². The second kappa shape index (κ2) is 12.9. The predicted octanol–water partition coefficient (Wildman–Crippen LogP) is 5.30. The Morgan fingerprint density at radius 2 is 1.40 bits per heavy atom. The molecule has 2 unspecified atom stereocenters. The first-order valence-electron chi connectivity index (χ1n) is 11.4. The molecule has 0 spiro atoms. The number of esters is 1. The van der Waals surface area contributed by atoms with Crippen molar-refractivity contribution in [3.05, 3.63) is 108 Å². The average molecular weight is 496 g/mol. The summed E-state index contributed by atoms with van der Waals surface area (Å²) in [6.07, 6.45) is -0.948. The minimum Gasteiger partial charge on any atom is -0.466 e. The van der Waals surface area contributed by atoms with Gasteiger partial charge in [0.05, 0.1) is 12.5 Å². The van der Waals surface area contributed by atoms with Crippen LogP contribution in [0.3, 0.4) is 0 Å². The van der Waals surface area contributed by atoms with Gasteiger partial charge in [0.1, 0.15) is 12.4 Å². The number of hydrogen-bond donors (Lipinski definition) is 2. The second-order valence-electron chi connectivity index (χ2n) is 8.10. The molecule has 1 amide bonds. The lowest BCUT2D eigenvalue weighted by Gasteiger charge is -2.27. The summed E-state index contributed by atoms with van der Waals surface area (Å²) in [7, 11) is -4.16. The van der Waals surface area contributed by atoms with E-state index in [4.69, 9.17) is 9.47 Å². The van der Waals surface area contributed by atoms with Gasteiger partial charge in [-0.25, -0.2) is 4.79 Å². The Morgan fingerprint density at radius 1 is 0.857 bits per heavy atom. The van der Waals surface area contributed by atoms with Gasteiger partial charge in [0.2, 0.25) is 7.37 Å². The van der Waals surface area contributed by atoms with Crippen molar-refractivity contribution in [1.29, 1.82) is 0 Å². The van der Waals surface area contributed by atoms with Crippen LogP contribution in [0.2, 0.25) is 0 Å². The Bertz CT molecular complexity index is 1120. The van der Waals surface area contributed by atoms with E-state index in [1.54, 1.807) is 37.3 Å². The van der Waals surface area contributed by atoms with Gasteiger partial charge in [-0.3, -0.25) is 9.36 Å². The third-order valence-corrected chi connectivity index (χ3v) is 7.61. The number of carbonyl (C=O) groups excluding carboxylic acids is 2. The number of nitrogens with one attached hydrogen (secondary N) is 1. The molecular formula is C27H30NO6P. The van der Waals surface area contributed by atoms with E-state index in [9.17, 15) is 19.0 Å². The topological polar surface area (TPSA) is 102 Å². The Balaban J connectivity index is 1.80. The predicted molar refractivity (Wildman–Crippen MR) is 134 cm³/mol. The molecule has 3 aromatic rings. The molecule has 0 aliphatic heterocycles. The zero-order valence-electron chi connectivity index (χ0n) is 19.6. The highest BCUT2D eigenvalue weighted by Crippen LogP contribution is 2.55. The monoisotopic (exact) mass is 495 g/mol. The molecule has 184 valence electrons. The molecule has 3 aromatic carbocycles. The average Bonchev–Trinajstić information content (AvgIpc) is 2.87. The van der Waals surface area contributed by atoms with Crippen LogP contribution in [0.25, 0.3) is 0 Å². The van der Waals surface area contributed by atoms with Gasteiger partial charge in [-0.1, -0.05) is 91.0 Å². The highest BCUT2D eigenvalue weighted by atomic mass is 31.2. The molecule has 3 rings (SSSR count). The van der Waals surface area contributed by atoms with E-state index in [2.05, 4.69) is 5.32 Å². The maximum absolute atomic E-state index is 13.7. The van der Waals surface area contributed by atoms with Crippen molar-refractivity contribution in [2.45, 2.75) is 25.7 Å². The minimum absolute atomic E-state index is 0.0172. The van der Waals surface area contributed by atoms with Gasteiger partial charge in [-0.15, -0.1) is 0 Å². The zero-order chi connectivity index (χ0) is 25.1. The lowest BCUT2D eigenvalue weighted by molar-refractivity contribution is -0.147. The van der Waals surface area contributed by atoms with Crippen LogP contribution >= 0.6 is 7.37 Å². The molecule has 0 aliphatic carbocycles. The van der Waals surface area contributed by atoms with Crippen LogP contribution in [0.5, 0.6) is 0 Å². The molecule has 2 N–H and O–H groups in total. The fraction of sp³-hybridized carbons (Fsp3) is 0.259. The summed E-state index contributed by atoms with van der Waals surface area (Å²) in [5, 5.41) is 2.56. The summed E-state index contributed by atoms with van der Waals surface area (Å²) >= 11 is 0. The highest BCUT2D eigenvalue weighted by molar-refractivity contribution is 7.58. The van der Waals surface area contributed by atoms with Gasteiger partial charge >= 0.3 is 12.1 Å². The summed E-state index contributed by atoms with van der Waals surface area (Å²) in [6.45, 7) is 1.86. The third kappa shape index (κ3) is 8.09. The van der Waals surface area contributed by atoms with Crippen LogP contribution in [-0.2, 0) is 31.9 Å². The van der Waals surface area contributed by atoms with Gasteiger partial charge in [0.15, 0.2) is 0 Å². The molecule has 0 fully saturated rings. The lowest BCUT2D eigenvalue weighted by atomic mass is 10.0. The summed E-state index contributed by atoms with van der Waals surface area (Å²) in [6, 6.07) is 26.9. The van der Waals surface area contributed by atoms with Crippen molar-refractivity contribution in [1.82, 2.24) is 5.32 Å². The molecule has 35 heavy (non-hydrogen) atoms. The fourth-order valence-electron chi connectivity index (χ4n) is 3.73. The van der Waals surface area contributed by atoms with E-state index < -0.39 is 31.1 Å². The summed E-state index contributed by atoms with van der Waals surface area (Å²) in [4.78, 5) is 36.5. The molecule has 7 nitrogen and oxygen atoms in total. The smallest absolute Gasteiger partial charge is 0.408 e. The van der Waals surface area contributed by atoms with Crippen molar-refractivity contribution >= 4 is 19.4 Å². The van der Waals surface area contributed by atoms with Crippen LogP contribution < -0.4 is 5.32 Å². The third-order valence-electron chi connectivity index (χ3n) is 5.41. The first-order valence-corrected chi connectivity index (χ1v) is 13.3. The van der Waals surface area contributed by atoms with Gasteiger partial charge in [-0.05, 0) is 30.0 Å². The molecule has 0 radical (unpaired) electrons. The molecule has 0 aliphatic rings. The van der Waals surface area contributed by atoms with Crippen LogP contribution in [0.1, 0.15) is 29.4 Å². The van der Waals surface area contributed by atoms with Crippen molar-refractivity contribution in [3.8, 4) is 0 Å². The van der Waals surface area contributed by atoms with Crippen LogP contribution in [0.15, 0.2) is 91.0 Å². The van der Waals surface area contributed by atoms with Crippen LogP contribution in [-0.4, -0.2) is 29.7 Å². The minimum atomic E-state index is -4.16. The van der Waals surface area contributed by atoms with Gasteiger partial charge in [0.25, 0.3) is 0 Å². The van der Waals surface area contributed by atoms with Crippen molar-refractivity contribution in [2.24, 2.45) is 5.92 Å². The quantitative estimate of drug-likeness (QED) is 0.276. The Hall–Kier alpha value is -3.41. The molecule has 0 saturated carbocycles. The molecule has 8 heteroatoms. The van der Waals surface area contributed by atoms with Crippen LogP contribution in [0, 0.1) is 5.92 Å². The SMILES string of the molecule is CCOC(=O)C(Cc1ccccc1)CP(=O)(O)[C@@H](NC(=O)OCc1ccccc1)c1ccccc1. The number of ether oxygens (including phenoxy) is 2. The van der Waals surface area contributed by atoms with Crippen molar-refractivity contribution in [2.75, 3.05) is 12.8 Å². The largest absolute Gasteiger partial charge is 0.466 e. The number of benzene rings is 3. The Kier molecular flexibility index (Phi) is 9.65. The van der Waals surface area contributed by atoms with E-state index in [-0.39, 0.29) is 25.8 Å². The summed E-state index contributed by atoms with van der Waals surface area (Å²) in [5.41, 5.74) is 2.07. The Morgan fingerprint density at radius 3 is 1.97 bits per heavy atom. The fourth-order valence-corrected chi connectivity index (χ4v) is 5.80. The summed E-state index contributed by atoms with van der Waals surface area (Å²) < 4.78 is 24.2. The number of hydrogen-bond acceptors (Lipinski definition) is 5. The van der Waals surface area contributed by atoms with Gasteiger partial charge < -0.3 is 19.7 Å². The number of alkyl carbamates (subject to hydrolysis) is 1. The maximum Gasteiger partial charge on any atom is 0.408 e. The van der Waals surface area contributed by atoms with E-state index >= 15 is 0 Å².